The first-order chi connectivity index (χ1) is 9.16. The lowest BCUT2D eigenvalue weighted by atomic mass is 10.2. The molecule has 0 radical (unpaired) electrons. The van der Waals surface area contributed by atoms with Crippen molar-refractivity contribution in [2.75, 3.05) is 18.5 Å². The summed E-state index contributed by atoms with van der Waals surface area (Å²) in [4.78, 5) is 0. The monoisotopic (exact) mass is 259 g/mol. The van der Waals surface area contributed by atoms with E-state index in [0.717, 1.165) is 23.5 Å². The Hall–Kier alpha value is -2.36. The number of hydrogen-bond acceptors (Lipinski definition) is 4. The Morgan fingerprint density at radius 2 is 1.89 bits per heavy atom. The normalized spacial score (nSPS) is 12.3. The van der Waals surface area contributed by atoms with Gasteiger partial charge in [-0.05, 0) is 30.7 Å². The number of hydrogen-bond donors (Lipinski definition) is 3. The van der Waals surface area contributed by atoms with Gasteiger partial charge in [-0.25, -0.2) is 0 Å². The van der Waals surface area contributed by atoms with E-state index in [0.29, 0.717) is 12.4 Å². The number of fused-ring (bicyclic) bond motifs is 1. The Balaban J connectivity index is 0.000000148. The highest BCUT2D eigenvalue weighted by molar-refractivity contribution is 5.60. The molecule has 0 atom stereocenters. The number of anilines is 1. The van der Waals surface area contributed by atoms with E-state index < -0.39 is 0 Å². The maximum Gasteiger partial charge on any atom is 0.142 e. The third-order valence-electron chi connectivity index (χ3n) is 2.75. The van der Waals surface area contributed by atoms with Crippen molar-refractivity contribution in [2.24, 2.45) is 0 Å². The van der Waals surface area contributed by atoms with E-state index in [2.05, 4.69) is 5.32 Å². The molecule has 0 aromatic heterocycles. The van der Waals surface area contributed by atoms with Gasteiger partial charge in [0.1, 0.15) is 23.9 Å². The van der Waals surface area contributed by atoms with Crippen molar-refractivity contribution in [2.45, 2.75) is 6.92 Å². The quantitative estimate of drug-likeness (QED) is 0.680. The molecule has 1 aliphatic rings. The van der Waals surface area contributed by atoms with Crippen LogP contribution < -0.4 is 10.1 Å². The second-order valence-electron chi connectivity index (χ2n) is 4.24. The average molecular weight is 259 g/mol. The highest BCUT2D eigenvalue weighted by Gasteiger charge is 2.08. The van der Waals surface area contributed by atoms with Gasteiger partial charge in [0.05, 0.1) is 5.69 Å². The molecule has 2 aromatic rings. The number of phenolic OH excluding ortho intramolecular Hbond substituents is 2. The lowest BCUT2D eigenvalue weighted by Gasteiger charge is -2.18. The summed E-state index contributed by atoms with van der Waals surface area (Å²) in [6, 6.07) is 12.3. The summed E-state index contributed by atoms with van der Waals surface area (Å²) in [7, 11) is 0. The first-order valence-electron chi connectivity index (χ1n) is 6.11. The summed E-state index contributed by atoms with van der Waals surface area (Å²) < 4.78 is 5.30. The minimum atomic E-state index is 0.266. The maximum atomic E-state index is 9.09. The molecule has 2 aromatic carbocycles. The maximum absolute atomic E-state index is 9.09. The Bertz CT molecular complexity index is 534. The van der Waals surface area contributed by atoms with Gasteiger partial charge in [-0.2, -0.15) is 0 Å². The fourth-order valence-electron chi connectivity index (χ4n) is 1.69. The van der Waals surface area contributed by atoms with Crippen LogP contribution in [0.25, 0.3) is 0 Å². The molecule has 19 heavy (non-hydrogen) atoms. The van der Waals surface area contributed by atoms with Crippen molar-refractivity contribution in [1.82, 2.24) is 0 Å². The standard InChI is InChI=1S/C8H9NO2.C7H8O/c10-6-1-2-8-7(5-6)9-3-4-11-8;1-6-4-2-3-5-7(6)8/h1-2,5,9-10H,3-4H2;2-5,8H,1H3. The van der Waals surface area contributed by atoms with E-state index in [4.69, 9.17) is 14.9 Å². The number of nitrogens with one attached hydrogen (secondary N) is 1. The zero-order chi connectivity index (χ0) is 13.7. The molecule has 1 aliphatic heterocycles. The summed E-state index contributed by atoms with van der Waals surface area (Å²) in [6.45, 7) is 3.36. The fraction of sp³-hybridized carbons (Fsp3) is 0.200. The van der Waals surface area contributed by atoms with Crippen LogP contribution in [0.4, 0.5) is 5.69 Å². The van der Waals surface area contributed by atoms with E-state index >= 15 is 0 Å². The van der Waals surface area contributed by atoms with Crippen LogP contribution in [-0.4, -0.2) is 23.4 Å². The van der Waals surface area contributed by atoms with E-state index in [1.807, 2.05) is 25.1 Å². The second kappa shape index (κ2) is 6.00. The number of phenols is 2. The minimum absolute atomic E-state index is 0.266. The van der Waals surface area contributed by atoms with Gasteiger partial charge in [0.25, 0.3) is 0 Å². The molecule has 0 unspecified atom stereocenters. The van der Waals surface area contributed by atoms with Crippen molar-refractivity contribution in [3.8, 4) is 17.2 Å². The molecule has 4 heteroatoms. The Morgan fingerprint density at radius 1 is 1.11 bits per heavy atom. The largest absolute Gasteiger partial charge is 0.508 e. The second-order valence-corrected chi connectivity index (χ2v) is 4.24. The molecule has 3 N–H and O–H groups in total. The summed E-state index contributed by atoms with van der Waals surface area (Å²) in [6.07, 6.45) is 0. The summed E-state index contributed by atoms with van der Waals surface area (Å²) in [5.74, 6) is 1.45. The number of rotatable bonds is 0. The number of aryl methyl sites for hydroxylation is 1. The molecule has 100 valence electrons. The van der Waals surface area contributed by atoms with Crippen LogP contribution in [-0.2, 0) is 0 Å². The Kier molecular flexibility index (Phi) is 4.13. The van der Waals surface area contributed by atoms with E-state index in [-0.39, 0.29) is 5.75 Å². The highest BCUT2D eigenvalue weighted by Crippen LogP contribution is 2.30. The van der Waals surface area contributed by atoms with Gasteiger partial charge in [0.15, 0.2) is 0 Å². The number of ether oxygens (including phenoxy) is 1. The van der Waals surface area contributed by atoms with Crippen molar-refractivity contribution >= 4 is 5.69 Å². The molecule has 0 bridgehead atoms. The third kappa shape index (κ3) is 3.55. The summed E-state index contributed by atoms with van der Waals surface area (Å²) in [5, 5.41) is 21.1. The first-order valence-corrected chi connectivity index (χ1v) is 6.11. The molecule has 0 spiro atoms. The molecule has 3 rings (SSSR count). The average Bonchev–Trinajstić information content (AvgIpc) is 2.43. The van der Waals surface area contributed by atoms with Gasteiger partial charge >= 0.3 is 0 Å². The van der Waals surface area contributed by atoms with E-state index in [9.17, 15) is 0 Å². The molecular weight excluding hydrogens is 242 g/mol. The van der Waals surface area contributed by atoms with Crippen LogP contribution in [0.5, 0.6) is 17.2 Å². The van der Waals surface area contributed by atoms with Gasteiger partial charge in [0, 0.05) is 12.6 Å². The topological polar surface area (TPSA) is 61.7 Å². The summed E-state index contributed by atoms with van der Waals surface area (Å²) >= 11 is 0. The van der Waals surface area contributed by atoms with Crippen LogP contribution >= 0.6 is 0 Å². The van der Waals surface area contributed by atoms with Gasteiger partial charge in [-0.1, -0.05) is 18.2 Å². The van der Waals surface area contributed by atoms with Crippen molar-refractivity contribution < 1.29 is 14.9 Å². The molecule has 0 aliphatic carbocycles. The first kappa shape index (κ1) is 13.1. The number of aromatic hydroxyl groups is 2. The van der Waals surface area contributed by atoms with Gasteiger partial charge in [-0.15, -0.1) is 0 Å². The smallest absolute Gasteiger partial charge is 0.142 e. The molecular formula is C15H17NO3. The van der Waals surface area contributed by atoms with Crippen LogP contribution in [0.2, 0.25) is 0 Å². The lowest BCUT2D eigenvalue weighted by Crippen LogP contribution is -2.17. The number of benzene rings is 2. The predicted octanol–water partition coefficient (Wildman–Crippen LogP) is 2.90. The van der Waals surface area contributed by atoms with E-state index in [1.54, 1.807) is 24.3 Å². The minimum Gasteiger partial charge on any atom is -0.508 e. The molecule has 0 saturated carbocycles. The lowest BCUT2D eigenvalue weighted by molar-refractivity contribution is 0.322. The number of para-hydroxylation sites is 1. The zero-order valence-corrected chi connectivity index (χ0v) is 10.8. The zero-order valence-electron chi connectivity index (χ0n) is 10.8. The van der Waals surface area contributed by atoms with Crippen molar-refractivity contribution in [1.29, 1.82) is 0 Å². The van der Waals surface area contributed by atoms with Crippen LogP contribution in [0.1, 0.15) is 5.56 Å². The van der Waals surface area contributed by atoms with Crippen molar-refractivity contribution in [3.63, 3.8) is 0 Å². The predicted molar refractivity (Wildman–Crippen MR) is 74.9 cm³/mol. The van der Waals surface area contributed by atoms with Crippen molar-refractivity contribution in [3.05, 3.63) is 48.0 Å². The van der Waals surface area contributed by atoms with Gasteiger partial charge < -0.3 is 20.3 Å². The Morgan fingerprint density at radius 3 is 2.58 bits per heavy atom. The van der Waals surface area contributed by atoms with Crippen LogP contribution in [0.15, 0.2) is 42.5 Å². The molecule has 0 saturated heterocycles. The third-order valence-corrected chi connectivity index (χ3v) is 2.75. The highest BCUT2D eigenvalue weighted by atomic mass is 16.5. The fourth-order valence-corrected chi connectivity index (χ4v) is 1.69. The van der Waals surface area contributed by atoms with Crippen LogP contribution in [0, 0.1) is 6.92 Å². The summed E-state index contributed by atoms with van der Waals surface area (Å²) in [5.41, 5.74) is 1.80. The SMILES string of the molecule is Cc1ccccc1O.Oc1ccc2c(c1)NCCO2. The molecule has 4 nitrogen and oxygen atoms in total. The molecule has 1 heterocycles. The van der Waals surface area contributed by atoms with Gasteiger partial charge in [-0.3, -0.25) is 0 Å². The van der Waals surface area contributed by atoms with Gasteiger partial charge in [0.2, 0.25) is 0 Å². The molecule has 0 amide bonds. The molecule has 0 fully saturated rings. The Labute approximate surface area is 112 Å². The van der Waals surface area contributed by atoms with Crippen LogP contribution in [0.3, 0.4) is 0 Å². The van der Waals surface area contributed by atoms with E-state index in [1.165, 1.54) is 0 Å².